The highest BCUT2D eigenvalue weighted by Gasteiger charge is 1.85. The van der Waals surface area contributed by atoms with Gasteiger partial charge in [-0.2, -0.15) is 12.6 Å². The van der Waals surface area contributed by atoms with Gasteiger partial charge < -0.3 is 9.47 Å². The monoisotopic (exact) mass is 164 g/mol. The molecule has 62 valence electrons. The van der Waals surface area contributed by atoms with E-state index in [-0.39, 0.29) is 0 Å². The summed E-state index contributed by atoms with van der Waals surface area (Å²) in [6, 6.07) is 0. The van der Waals surface area contributed by atoms with Crippen molar-refractivity contribution in [3.05, 3.63) is 0 Å². The van der Waals surface area contributed by atoms with Gasteiger partial charge >= 0.3 is 0 Å². The van der Waals surface area contributed by atoms with Crippen LogP contribution < -0.4 is 0 Å². The Morgan fingerprint density at radius 2 is 1.90 bits per heavy atom. The van der Waals surface area contributed by atoms with E-state index < -0.39 is 0 Å². The van der Waals surface area contributed by atoms with Crippen molar-refractivity contribution < 1.29 is 9.47 Å². The summed E-state index contributed by atoms with van der Waals surface area (Å²) in [5.41, 5.74) is 0. The second kappa shape index (κ2) is 9.27. The fraction of sp³-hybridized carbons (Fsp3) is 1.00. The summed E-state index contributed by atoms with van der Waals surface area (Å²) in [5, 5.41) is 0. The first-order chi connectivity index (χ1) is 4.91. The molecular weight excluding hydrogens is 148 g/mol. The van der Waals surface area contributed by atoms with Gasteiger partial charge in [0.1, 0.15) is 6.79 Å². The predicted octanol–water partition coefficient (Wildman–Crippen LogP) is 1.71. The lowest BCUT2D eigenvalue weighted by atomic mass is 10.4. The van der Waals surface area contributed by atoms with Crippen molar-refractivity contribution in [1.82, 2.24) is 0 Å². The zero-order chi connectivity index (χ0) is 7.66. The molecule has 0 fully saturated rings. The molecule has 0 aliphatic heterocycles. The minimum atomic E-state index is 0.417. The Kier molecular flexibility index (Phi) is 9.52. The summed E-state index contributed by atoms with van der Waals surface area (Å²) >= 11 is 3.98. The fourth-order valence-corrected chi connectivity index (χ4v) is 0.617. The van der Waals surface area contributed by atoms with Crippen molar-refractivity contribution in [3.8, 4) is 0 Å². The van der Waals surface area contributed by atoms with E-state index in [1.807, 2.05) is 0 Å². The summed E-state index contributed by atoms with van der Waals surface area (Å²) in [4.78, 5) is 0. The minimum Gasteiger partial charge on any atom is -0.355 e. The van der Waals surface area contributed by atoms with E-state index in [2.05, 4.69) is 19.6 Å². The van der Waals surface area contributed by atoms with Crippen LogP contribution in [0.25, 0.3) is 0 Å². The molecule has 3 heteroatoms. The maximum atomic E-state index is 5.12. The van der Waals surface area contributed by atoms with E-state index in [0.717, 1.165) is 18.8 Å². The van der Waals surface area contributed by atoms with Crippen LogP contribution in [0, 0.1) is 0 Å². The van der Waals surface area contributed by atoms with Crippen molar-refractivity contribution in [3.63, 3.8) is 0 Å². The van der Waals surface area contributed by atoms with Gasteiger partial charge in [-0.05, 0) is 6.42 Å². The van der Waals surface area contributed by atoms with E-state index >= 15 is 0 Å². The van der Waals surface area contributed by atoms with E-state index in [4.69, 9.17) is 9.47 Å². The van der Waals surface area contributed by atoms with Crippen LogP contribution in [0.5, 0.6) is 0 Å². The number of unbranched alkanes of at least 4 members (excludes halogenated alkanes) is 1. The van der Waals surface area contributed by atoms with Crippen LogP contribution >= 0.6 is 12.6 Å². The third kappa shape index (κ3) is 8.27. The molecule has 0 aromatic rings. The Morgan fingerprint density at radius 3 is 2.50 bits per heavy atom. The van der Waals surface area contributed by atoms with Crippen LogP contribution in [0.3, 0.4) is 0 Å². The highest BCUT2D eigenvalue weighted by Crippen LogP contribution is 1.88. The van der Waals surface area contributed by atoms with Gasteiger partial charge in [-0.3, -0.25) is 0 Å². The molecule has 0 atom stereocenters. The molecule has 0 heterocycles. The highest BCUT2D eigenvalue weighted by molar-refractivity contribution is 7.80. The van der Waals surface area contributed by atoms with Crippen LogP contribution in [0.4, 0.5) is 0 Å². The SMILES string of the molecule is CCCCOCOCCS. The maximum Gasteiger partial charge on any atom is 0.146 e. The van der Waals surface area contributed by atoms with E-state index in [1.54, 1.807) is 0 Å². The molecule has 0 N–H and O–H groups in total. The van der Waals surface area contributed by atoms with Crippen LogP contribution in [-0.2, 0) is 9.47 Å². The van der Waals surface area contributed by atoms with Gasteiger partial charge in [-0.1, -0.05) is 13.3 Å². The standard InChI is InChI=1S/C7H16O2S/c1-2-3-4-8-7-9-5-6-10/h10H,2-7H2,1H3. The molecule has 0 aromatic carbocycles. The van der Waals surface area contributed by atoms with Gasteiger partial charge in [-0.25, -0.2) is 0 Å². The Hall–Kier alpha value is 0.270. The molecule has 2 nitrogen and oxygen atoms in total. The second-order valence-corrected chi connectivity index (χ2v) is 2.46. The van der Waals surface area contributed by atoms with E-state index in [1.165, 1.54) is 6.42 Å². The molecule has 0 aliphatic rings. The lowest BCUT2D eigenvalue weighted by Gasteiger charge is -2.02. The van der Waals surface area contributed by atoms with Crippen LogP contribution in [0.1, 0.15) is 19.8 Å². The lowest BCUT2D eigenvalue weighted by molar-refractivity contribution is -0.0489. The van der Waals surface area contributed by atoms with Crippen LogP contribution in [-0.4, -0.2) is 25.8 Å². The average molecular weight is 164 g/mol. The average Bonchev–Trinajstić information content (AvgIpc) is 1.97. The number of ether oxygens (including phenoxy) is 2. The first-order valence-electron chi connectivity index (χ1n) is 3.68. The molecule has 0 spiro atoms. The molecule has 0 radical (unpaired) electrons. The summed E-state index contributed by atoms with van der Waals surface area (Å²) in [6.07, 6.45) is 2.29. The molecule has 0 saturated carbocycles. The summed E-state index contributed by atoms with van der Waals surface area (Å²) in [6.45, 7) is 4.04. The molecular formula is C7H16O2S. The van der Waals surface area contributed by atoms with Crippen LogP contribution in [0.15, 0.2) is 0 Å². The first-order valence-corrected chi connectivity index (χ1v) is 4.31. The Morgan fingerprint density at radius 1 is 1.20 bits per heavy atom. The van der Waals surface area contributed by atoms with Gasteiger partial charge in [0.15, 0.2) is 0 Å². The van der Waals surface area contributed by atoms with Crippen molar-refractivity contribution in [2.24, 2.45) is 0 Å². The smallest absolute Gasteiger partial charge is 0.146 e. The molecule has 0 unspecified atom stereocenters. The number of thiol groups is 1. The summed E-state index contributed by atoms with van der Waals surface area (Å²) < 4.78 is 10.2. The predicted molar refractivity (Wildman–Crippen MR) is 45.5 cm³/mol. The van der Waals surface area contributed by atoms with Crippen molar-refractivity contribution in [1.29, 1.82) is 0 Å². The van der Waals surface area contributed by atoms with Gasteiger partial charge in [0.25, 0.3) is 0 Å². The van der Waals surface area contributed by atoms with E-state index in [0.29, 0.717) is 13.4 Å². The quantitative estimate of drug-likeness (QED) is 0.351. The summed E-state index contributed by atoms with van der Waals surface area (Å²) in [5.74, 6) is 0.761. The van der Waals surface area contributed by atoms with Crippen molar-refractivity contribution >= 4 is 12.6 Å². The zero-order valence-electron chi connectivity index (χ0n) is 6.51. The molecule has 10 heavy (non-hydrogen) atoms. The van der Waals surface area contributed by atoms with Crippen molar-refractivity contribution in [2.75, 3.05) is 25.8 Å². The molecule has 0 saturated heterocycles. The fourth-order valence-electron chi connectivity index (χ4n) is 0.488. The number of rotatable bonds is 7. The van der Waals surface area contributed by atoms with Gasteiger partial charge in [0.05, 0.1) is 6.61 Å². The molecule has 0 aromatic heterocycles. The molecule has 0 rings (SSSR count). The largest absolute Gasteiger partial charge is 0.355 e. The zero-order valence-corrected chi connectivity index (χ0v) is 7.40. The molecule has 0 aliphatic carbocycles. The summed E-state index contributed by atoms with van der Waals surface area (Å²) in [7, 11) is 0. The van der Waals surface area contributed by atoms with Crippen LogP contribution in [0.2, 0.25) is 0 Å². The number of hydrogen-bond acceptors (Lipinski definition) is 3. The third-order valence-electron chi connectivity index (χ3n) is 1.04. The minimum absolute atomic E-state index is 0.417. The molecule has 0 bridgehead atoms. The van der Waals surface area contributed by atoms with Gasteiger partial charge in [0, 0.05) is 12.4 Å². The van der Waals surface area contributed by atoms with Gasteiger partial charge in [-0.15, -0.1) is 0 Å². The highest BCUT2D eigenvalue weighted by atomic mass is 32.1. The first kappa shape index (κ1) is 10.3. The second-order valence-electron chi connectivity index (χ2n) is 2.01. The maximum absolute atomic E-state index is 5.12. The lowest BCUT2D eigenvalue weighted by Crippen LogP contribution is -2.03. The topological polar surface area (TPSA) is 18.5 Å². The van der Waals surface area contributed by atoms with Gasteiger partial charge in [0.2, 0.25) is 0 Å². The van der Waals surface area contributed by atoms with E-state index in [9.17, 15) is 0 Å². The van der Waals surface area contributed by atoms with Crippen molar-refractivity contribution in [2.45, 2.75) is 19.8 Å². The number of hydrogen-bond donors (Lipinski definition) is 1. The Balaban J connectivity index is 2.65. The normalized spacial score (nSPS) is 10.2. The third-order valence-corrected chi connectivity index (χ3v) is 1.23. The Bertz CT molecular complexity index is 51.6. The molecule has 0 amide bonds. The Labute approximate surface area is 68.3 Å².